The molecule has 0 saturated carbocycles. The van der Waals surface area contributed by atoms with Gasteiger partial charge in [0.25, 0.3) is 0 Å². The van der Waals surface area contributed by atoms with Crippen LogP contribution in [0.4, 0.5) is 0 Å². The summed E-state index contributed by atoms with van der Waals surface area (Å²) in [4.78, 5) is 26.1. The largest absolute Gasteiger partial charge is 0.496 e. The number of methoxy groups -OCH3 is 1. The van der Waals surface area contributed by atoms with Crippen LogP contribution < -0.4 is 10.4 Å². The first kappa shape index (κ1) is 12.8. The van der Waals surface area contributed by atoms with Crippen molar-refractivity contribution in [3.63, 3.8) is 0 Å². The molecule has 1 aromatic heterocycles. The molecule has 0 radical (unpaired) electrons. The van der Waals surface area contributed by atoms with Crippen molar-refractivity contribution in [2.24, 2.45) is 0 Å². The molecule has 0 aliphatic rings. The average Bonchev–Trinajstić information content (AvgIpc) is 2.41. The summed E-state index contributed by atoms with van der Waals surface area (Å²) in [5.41, 5.74) is 0.357. The van der Waals surface area contributed by atoms with Gasteiger partial charge in [0.15, 0.2) is 0 Å². The van der Waals surface area contributed by atoms with Crippen LogP contribution in [0.3, 0.4) is 0 Å². The van der Waals surface area contributed by atoms with Crippen molar-refractivity contribution in [2.45, 2.75) is 6.54 Å². The molecule has 6 nitrogen and oxygen atoms in total. The minimum atomic E-state index is -1.03. The lowest BCUT2D eigenvalue weighted by Crippen LogP contribution is -2.22. The zero-order chi connectivity index (χ0) is 13.8. The summed E-state index contributed by atoms with van der Waals surface area (Å²) in [6.07, 6.45) is 2.99. The van der Waals surface area contributed by atoms with E-state index in [1.54, 1.807) is 18.3 Å². The smallest absolute Gasteiger partial charge is 0.347 e. The lowest BCUT2D eigenvalue weighted by atomic mass is 10.1. The van der Waals surface area contributed by atoms with Crippen molar-refractivity contribution in [3.05, 3.63) is 58.3 Å². The topological polar surface area (TPSA) is 81.4 Å². The highest BCUT2D eigenvalue weighted by atomic mass is 16.5. The Morgan fingerprint density at radius 1 is 1.47 bits per heavy atom. The van der Waals surface area contributed by atoms with E-state index >= 15 is 0 Å². The van der Waals surface area contributed by atoms with E-state index < -0.39 is 11.7 Å². The monoisotopic (exact) mass is 260 g/mol. The highest BCUT2D eigenvalue weighted by molar-refractivity contribution is 5.88. The summed E-state index contributed by atoms with van der Waals surface area (Å²) >= 11 is 0. The fraction of sp³-hybridized carbons (Fsp3) is 0.154. The standard InChI is InChI=1S/C13H12N2O4/c1-19-11-4-3-9(12(16)17)7-10(11)8-15-6-2-5-14-13(15)18/h2-7H,8H2,1H3,(H,16,17). The molecule has 0 bridgehead atoms. The quantitative estimate of drug-likeness (QED) is 0.886. The molecule has 2 aromatic rings. The van der Waals surface area contributed by atoms with E-state index in [-0.39, 0.29) is 12.1 Å². The third-order valence-corrected chi connectivity index (χ3v) is 2.65. The third-order valence-electron chi connectivity index (χ3n) is 2.65. The van der Waals surface area contributed by atoms with E-state index in [2.05, 4.69) is 4.98 Å². The second kappa shape index (κ2) is 5.34. The van der Waals surface area contributed by atoms with Crippen molar-refractivity contribution in [1.29, 1.82) is 0 Å². The van der Waals surface area contributed by atoms with Gasteiger partial charge >= 0.3 is 11.7 Å². The van der Waals surface area contributed by atoms with Crippen LogP contribution in [0.15, 0.2) is 41.5 Å². The van der Waals surface area contributed by atoms with E-state index in [1.807, 2.05) is 0 Å². The average molecular weight is 260 g/mol. The fourth-order valence-electron chi connectivity index (χ4n) is 1.73. The molecule has 98 valence electrons. The van der Waals surface area contributed by atoms with Gasteiger partial charge in [0, 0.05) is 18.0 Å². The van der Waals surface area contributed by atoms with E-state index in [4.69, 9.17) is 9.84 Å². The van der Waals surface area contributed by atoms with Crippen molar-refractivity contribution < 1.29 is 14.6 Å². The summed E-state index contributed by atoms with van der Waals surface area (Å²) in [7, 11) is 1.49. The van der Waals surface area contributed by atoms with Gasteiger partial charge in [0.1, 0.15) is 5.75 Å². The maximum atomic E-state index is 11.5. The Hall–Kier alpha value is -2.63. The maximum Gasteiger partial charge on any atom is 0.347 e. The third kappa shape index (κ3) is 2.79. The van der Waals surface area contributed by atoms with Crippen LogP contribution in [0.5, 0.6) is 5.75 Å². The first-order valence-electron chi connectivity index (χ1n) is 5.53. The Kier molecular flexibility index (Phi) is 3.61. The van der Waals surface area contributed by atoms with Gasteiger partial charge in [0.05, 0.1) is 19.2 Å². The van der Waals surface area contributed by atoms with Crippen LogP contribution in [0.25, 0.3) is 0 Å². The van der Waals surface area contributed by atoms with Gasteiger partial charge in [0.2, 0.25) is 0 Å². The van der Waals surface area contributed by atoms with Gasteiger partial charge in [-0.25, -0.2) is 14.6 Å². The van der Waals surface area contributed by atoms with Crippen LogP contribution in [-0.2, 0) is 6.54 Å². The number of aromatic carboxylic acids is 1. The predicted octanol–water partition coefficient (Wildman–Crippen LogP) is 0.998. The number of rotatable bonds is 4. The van der Waals surface area contributed by atoms with E-state index in [0.717, 1.165) is 0 Å². The molecule has 1 aromatic carbocycles. The molecule has 0 saturated heterocycles. The Bertz CT molecular complexity index is 664. The summed E-state index contributed by atoms with van der Waals surface area (Å²) in [6, 6.07) is 6.15. The number of benzene rings is 1. The second-order valence-electron chi connectivity index (χ2n) is 3.86. The molecule has 0 amide bonds. The van der Waals surface area contributed by atoms with Crippen LogP contribution in [0.1, 0.15) is 15.9 Å². The molecular formula is C13H12N2O4. The van der Waals surface area contributed by atoms with E-state index in [9.17, 15) is 9.59 Å². The zero-order valence-electron chi connectivity index (χ0n) is 10.2. The van der Waals surface area contributed by atoms with Crippen LogP contribution in [-0.4, -0.2) is 27.7 Å². The number of carboxylic acid groups (broad SMARTS) is 1. The van der Waals surface area contributed by atoms with Gasteiger partial charge in [-0.2, -0.15) is 0 Å². The lowest BCUT2D eigenvalue weighted by Gasteiger charge is -2.10. The summed E-state index contributed by atoms with van der Waals surface area (Å²) in [5, 5.41) is 8.97. The molecule has 0 aliphatic heterocycles. The Morgan fingerprint density at radius 3 is 2.89 bits per heavy atom. The lowest BCUT2D eigenvalue weighted by molar-refractivity contribution is 0.0696. The number of hydrogen-bond donors (Lipinski definition) is 1. The first-order chi connectivity index (χ1) is 9.11. The number of carboxylic acids is 1. The van der Waals surface area contributed by atoms with Gasteiger partial charge in [-0.1, -0.05) is 0 Å². The minimum absolute atomic E-state index is 0.146. The molecule has 0 atom stereocenters. The molecule has 1 N–H and O–H groups in total. The van der Waals surface area contributed by atoms with Crippen molar-refractivity contribution in [3.8, 4) is 5.75 Å². The number of aromatic nitrogens is 2. The van der Waals surface area contributed by atoms with E-state index in [1.165, 1.54) is 30.0 Å². The summed E-state index contributed by atoms with van der Waals surface area (Å²) in [6.45, 7) is 0.205. The molecule has 0 unspecified atom stereocenters. The van der Waals surface area contributed by atoms with Crippen LogP contribution in [0.2, 0.25) is 0 Å². The first-order valence-corrected chi connectivity index (χ1v) is 5.53. The Labute approximate surface area is 108 Å². The van der Waals surface area contributed by atoms with Gasteiger partial charge in [-0.05, 0) is 24.3 Å². The highest BCUT2D eigenvalue weighted by Gasteiger charge is 2.10. The second-order valence-corrected chi connectivity index (χ2v) is 3.86. The normalized spacial score (nSPS) is 10.2. The van der Waals surface area contributed by atoms with E-state index in [0.29, 0.717) is 11.3 Å². The molecule has 0 aliphatic carbocycles. The fourth-order valence-corrected chi connectivity index (χ4v) is 1.73. The summed E-state index contributed by atoms with van der Waals surface area (Å²) in [5.74, 6) is -0.497. The van der Waals surface area contributed by atoms with Gasteiger partial charge < -0.3 is 9.84 Å². The highest BCUT2D eigenvalue weighted by Crippen LogP contribution is 2.20. The molecule has 2 rings (SSSR count). The molecule has 0 fully saturated rings. The zero-order valence-corrected chi connectivity index (χ0v) is 10.2. The molecule has 6 heteroatoms. The Balaban J connectivity index is 2.43. The molecular weight excluding hydrogens is 248 g/mol. The predicted molar refractivity (Wildman–Crippen MR) is 67.6 cm³/mol. The molecule has 0 spiro atoms. The van der Waals surface area contributed by atoms with Crippen molar-refractivity contribution >= 4 is 5.97 Å². The SMILES string of the molecule is COc1ccc(C(=O)O)cc1Cn1cccnc1=O. The van der Waals surface area contributed by atoms with Crippen molar-refractivity contribution in [1.82, 2.24) is 9.55 Å². The van der Waals surface area contributed by atoms with Crippen molar-refractivity contribution in [2.75, 3.05) is 7.11 Å². The number of ether oxygens (including phenoxy) is 1. The minimum Gasteiger partial charge on any atom is -0.496 e. The number of carbonyl (C=O) groups is 1. The summed E-state index contributed by atoms with van der Waals surface area (Å²) < 4.78 is 6.54. The Morgan fingerprint density at radius 2 is 2.26 bits per heavy atom. The van der Waals surface area contributed by atoms with Gasteiger partial charge in [-0.15, -0.1) is 0 Å². The number of hydrogen-bond acceptors (Lipinski definition) is 4. The van der Waals surface area contributed by atoms with Crippen LogP contribution >= 0.6 is 0 Å². The number of nitrogens with zero attached hydrogens (tertiary/aromatic N) is 2. The van der Waals surface area contributed by atoms with Crippen LogP contribution in [0, 0.1) is 0 Å². The molecule has 19 heavy (non-hydrogen) atoms. The maximum absolute atomic E-state index is 11.5. The molecule has 1 heterocycles. The van der Waals surface area contributed by atoms with Gasteiger partial charge in [-0.3, -0.25) is 4.57 Å².